The summed E-state index contributed by atoms with van der Waals surface area (Å²) in [6.45, 7) is 6.39. The van der Waals surface area contributed by atoms with Crippen molar-refractivity contribution in [1.82, 2.24) is 5.43 Å². The molecule has 92 valence electrons. The van der Waals surface area contributed by atoms with E-state index in [1.165, 1.54) is 12.8 Å². The van der Waals surface area contributed by atoms with E-state index in [9.17, 15) is 0 Å². The second kappa shape index (κ2) is 10.4. The van der Waals surface area contributed by atoms with Gasteiger partial charge in [0, 0.05) is 13.2 Å². The van der Waals surface area contributed by atoms with Crippen molar-refractivity contribution in [1.29, 1.82) is 0 Å². The summed E-state index contributed by atoms with van der Waals surface area (Å²) in [4.78, 5) is 0. The number of nitrogens with one attached hydrogen (secondary N) is 1. The maximum atomic E-state index is 5.47. The van der Waals surface area contributed by atoms with E-state index in [0.717, 1.165) is 6.42 Å². The first-order valence-corrected chi connectivity index (χ1v) is 5.77. The van der Waals surface area contributed by atoms with Gasteiger partial charge in [0.15, 0.2) is 0 Å². The van der Waals surface area contributed by atoms with Crippen LogP contribution >= 0.6 is 0 Å². The Morgan fingerprint density at radius 2 is 2.07 bits per heavy atom. The van der Waals surface area contributed by atoms with Gasteiger partial charge in [0.25, 0.3) is 0 Å². The summed E-state index contributed by atoms with van der Waals surface area (Å²) < 4.78 is 10.3. The number of hydrogen-bond acceptors (Lipinski definition) is 4. The van der Waals surface area contributed by atoms with Gasteiger partial charge in [-0.15, -0.1) is 0 Å². The summed E-state index contributed by atoms with van der Waals surface area (Å²) in [5.41, 5.74) is 2.80. The molecule has 0 saturated carbocycles. The van der Waals surface area contributed by atoms with Crippen LogP contribution in [0.1, 0.15) is 33.1 Å². The van der Waals surface area contributed by atoms with Gasteiger partial charge >= 0.3 is 0 Å². The van der Waals surface area contributed by atoms with E-state index >= 15 is 0 Å². The van der Waals surface area contributed by atoms with Crippen LogP contribution in [0.15, 0.2) is 0 Å². The van der Waals surface area contributed by atoms with Crippen molar-refractivity contribution < 1.29 is 9.47 Å². The summed E-state index contributed by atoms with van der Waals surface area (Å²) in [5, 5.41) is 0. The molecule has 0 amide bonds. The smallest absolute Gasteiger partial charge is 0.0701 e. The molecular formula is C11H26N2O2. The number of nitrogens with two attached hydrogens (primary N) is 1. The van der Waals surface area contributed by atoms with E-state index in [-0.39, 0.29) is 6.04 Å². The van der Waals surface area contributed by atoms with E-state index in [1.54, 1.807) is 7.11 Å². The fraction of sp³-hybridized carbons (Fsp3) is 1.00. The highest BCUT2D eigenvalue weighted by atomic mass is 16.5. The van der Waals surface area contributed by atoms with Crippen LogP contribution in [0.25, 0.3) is 0 Å². The lowest BCUT2D eigenvalue weighted by Gasteiger charge is -2.19. The van der Waals surface area contributed by atoms with Gasteiger partial charge in [-0.3, -0.25) is 11.3 Å². The zero-order valence-corrected chi connectivity index (χ0v) is 10.3. The lowest BCUT2D eigenvalue weighted by molar-refractivity contribution is 0.0551. The molecule has 0 aromatic heterocycles. The highest BCUT2D eigenvalue weighted by Crippen LogP contribution is 2.12. The Bertz CT molecular complexity index is 134. The van der Waals surface area contributed by atoms with Crippen molar-refractivity contribution in [3.05, 3.63) is 0 Å². The highest BCUT2D eigenvalue weighted by Gasteiger charge is 2.11. The maximum absolute atomic E-state index is 5.47. The molecule has 0 rings (SSSR count). The minimum absolute atomic E-state index is 0.253. The molecule has 4 heteroatoms. The molecule has 0 spiro atoms. The minimum Gasteiger partial charge on any atom is -0.382 e. The monoisotopic (exact) mass is 218 g/mol. The predicted octanol–water partition coefficient (Wildman–Crippen LogP) is 1.31. The molecule has 15 heavy (non-hydrogen) atoms. The third kappa shape index (κ3) is 8.81. The van der Waals surface area contributed by atoms with Crippen molar-refractivity contribution in [2.45, 2.75) is 39.2 Å². The van der Waals surface area contributed by atoms with Crippen LogP contribution in [0.5, 0.6) is 0 Å². The van der Waals surface area contributed by atoms with Gasteiger partial charge in [0.2, 0.25) is 0 Å². The standard InChI is InChI=1S/C11H26N2O2/c1-4-5-10(2)8-11(13-12)9-15-7-6-14-3/h10-11,13H,4-9,12H2,1-3H3. The van der Waals surface area contributed by atoms with Gasteiger partial charge in [-0.1, -0.05) is 26.7 Å². The van der Waals surface area contributed by atoms with Gasteiger partial charge in [0.05, 0.1) is 19.8 Å². The van der Waals surface area contributed by atoms with Crippen molar-refractivity contribution in [2.24, 2.45) is 11.8 Å². The summed E-state index contributed by atoms with van der Waals surface area (Å²) >= 11 is 0. The Balaban J connectivity index is 3.53. The van der Waals surface area contributed by atoms with E-state index in [1.807, 2.05) is 0 Å². The first-order chi connectivity index (χ1) is 7.24. The fourth-order valence-electron chi connectivity index (χ4n) is 1.65. The van der Waals surface area contributed by atoms with E-state index < -0.39 is 0 Å². The number of hydrazine groups is 1. The topological polar surface area (TPSA) is 56.5 Å². The first-order valence-electron chi connectivity index (χ1n) is 5.77. The van der Waals surface area contributed by atoms with Crippen LogP contribution in [0.4, 0.5) is 0 Å². The number of ether oxygens (including phenoxy) is 2. The molecule has 0 aliphatic heterocycles. The average Bonchev–Trinajstić information content (AvgIpc) is 2.23. The van der Waals surface area contributed by atoms with Crippen molar-refractivity contribution in [3.63, 3.8) is 0 Å². The summed E-state index contributed by atoms with van der Waals surface area (Å²) in [7, 11) is 1.67. The molecule has 0 aliphatic rings. The van der Waals surface area contributed by atoms with Crippen LogP contribution < -0.4 is 11.3 Å². The van der Waals surface area contributed by atoms with Crippen LogP contribution in [-0.4, -0.2) is 33.0 Å². The Morgan fingerprint density at radius 1 is 1.33 bits per heavy atom. The van der Waals surface area contributed by atoms with E-state index in [4.69, 9.17) is 15.3 Å². The molecule has 2 atom stereocenters. The number of methoxy groups -OCH3 is 1. The molecule has 0 fully saturated rings. The molecule has 0 aliphatic carbocycles. The van der Waals surface area contributed by atoms with Crippen LogP contribution in [0.3, 0.4) is 0 Å². The molecule has 0 saturated heterocycles. The molecule has 4 nitrogen and oxygen atoms in total. The Morgan fingerprint density at radius 3 is 2.60 bits per heavy atom. The lowest BCUT2D eigenvalue weighted by atomic mass is 9.98. The maximum Gasteiger partial charge on any atom is 0.0701 e. The molecule has 0 aromatic carbocycles. The second-order valence-electron chi connectivity index (χ2n) is 4.06. The Kier molecular flexibility index (Phi) is 10.3. The highest BCUT2D eigenvalue weighted by molar-refractivity contribution is 4.66. The van der Waals surface area contributed by atoms with Crippen molar-refractivity contribution >= 4 is 0 Å². The van der Waals surface area contributed by atoms with Crippen LogP contribution in [0.2, 0.25) is 0 Å². The zero-order chi connectivity index (χ0) is 11.5. The molecule has 0 aromatic rings. The van der Waals surface area contributed by atoms with Crippen LogP contribution in [0, 0.1) is 5.92 Å². The second-order valence-corrected chi connectivity index (χ2v) is 4.06. The largest absolute Gasteiger partial charge is 0.382 e. The zero-order valence-electron chi connectivity index (χ0n) is 10.3. The van der Waals surface area contributed by atoms with Gasteiger partial charge in [-0.2, -0.15) is 0 Å². The van der Waals surface area contributed by atoms with Gasteiger partial charge in [0.1, 0.15) is 0 Å². The predicted molar refractivity (Wildman–Crippen MR) is 62.5 cm³/mol. The minimum atomic E-state index is 0.253. The Labute approximate surface area is 93.5 Å². The Hall–Kier alpha value is -0.160. The molecular weight excluding hydrogens is 192 g/mol. The SMILES string of the molecule is CCCC(C)CC(COCCOC)NN. The third-order valence-electron chi connectivity index (χ3n) is 2.45. The summed E-state index contributed by atoms with van der Waals surface area (Å²) in [5.74, 6) is 6.17. The normalized spacial score (nSPS) is 15.2. The van der Waals surface area contributed by atoms with Crippen LogP contribution in [-0.2, 0) is 9.47 Å². The molecule has 0 heterocycles. The van der Waals surface area contributed by atoms with E-state index in [0.29, 0.717) is 25.7 Å². The fourth-order valence-corrected chi connectivity index (χ4v) is 1.65. The molecule has 0 bridgehead atoms. The molecule has 2 unspecified atom stereocenters. The summed E-state index contributed by atoms with van der Waals surface area (Å²) in [6, 6.07) is 0.253. The molecule has 3 N–H and O–H groups in total. The van der Waals surface area contributed by atoms with Gasteiger partial charge in [-0.25, -0.2) is 0 Å². The van der Waals surface area contributed by atoms with E-state index in [2.05, 4.69) is 19.3 Å². The quantitative estimate of drug-likeness (QED) is 0.330. The molecule has 0 radical (unpaired) electrons. The first kappa shape index (κ1) is 14.8. The van der Waals surface area contributed by atoms with Gasteiger partial charge < -0.3 is 9.47 Å². The lowest BCUT2D eigenvalue weighted by Crippen LogP contribution is -2.40. The summed E-state index contributed by atoms with van der Waals surface area (Å²) in [6.07, 6.45) is 3.54. The van der Waals surface area contributed by atoms with Gasteiger partial charge in [-0.05, 0) is 12.3 Å². The van der Waals surface area contributed by atoms with Crippen molar-refractivity contribution in [2.75, 3.05) is 26.9 Å². The average molecular weight is 218 g/mol. The van der Waals surface area contributed by atoms with Crippen molar-refractivity contribution in [3.8, 4) is 0 Å². The third-order valence-corrected chi connectivity index (χ3v) is 2.45. The number of rotatable bonds is 10. The number of hydrogen-bond donors (Lipinski definition) is 2.